The molecule has 2 rings (SSSR count). The van der Waals surface area contributed by atoms with E-state index < -0.39 is 0 Å². The number of hydrogen-bond acceptors (Lipinski definition) is 1. The van der Waals surface area contributed by atoms with E-state index >= 15 is 0 Å². The molecule has 96 valence electrons. The van der Waals surface area contributed by atoms with Gasteiger partial charge in [-0.05, 0) is 36.6 Å². The lowest BCUT2D eigenvalue weighted by Gasteiger charge is -2.06. The third-order valence-corrected chi connectivity index (χ3v) is 3.39. The third-order valence-electron chi connectivity index (χ3n) is 2.55. The first-order chi connectivity index (χ1) is 8.47. The summed E-state index contributed by atoms with van der Waals surface area (Å²) in [5, 5.41) is 4.47. The topological polar surface area (TPSA) is 20.7 Å². The van der Waals surface area contributed by atoms with Gasteiger partial charge in [-0.25, -0.2) is 4.68 Å². The standard InChI is InChI=1S/C13H14Cl2N2S/c1-8(2)5-10-7-13(18)17(16-10)12-4-3-9(14)6-11(12)15/h3-4,6-8,16H,5H2,1-2H3. The number of nitrogens with zero attached hydrogens (tertiary/aromatic N) is 1. The molecule has 0 bridgehead atoms. The highest BCUT2D eigenvalue weighted by Crippen LogP contribution is 2.24. The Morgan fingerprint density at radius 3 is 2.61 bits per heavy atom. The van der Waals surface area contributed by atoms with Gasteiger partial charge in [0.1, 0.15) is 4.64 Å². The Bertz CT molecular complexity index is 614. The van der Waals surface area contributed by atoms with E-state index in [-0.39, 0.29) is 0 Å². The molecule has 1 aromatic carbocycles. The Morgan fingerprint density at radius 1 is 1.28 bits per heavy atom. The molecule has 0 atom stereocenters. The van der Waals surface area contributed by atoms with Crippen LogP contribution in [0.2, 0.25) is 10.0 Å². The number of H-pyrrole nitrogens is 1. The van der Waals surface area contributed by atoms with Crippen LogP contribution in [-0.4, -0.2) is 9.78 Å². The molecule has 0 fully saturated rings. The summed E-state index contributed by atoms with van der Waals surface area (Å²) < 4.78 is 2.53. The summed E-state index contributed by atoms with van der Waals surface area (Å²) in [4.78, 5) is 0. The summed E-state index contributed by atoms with van der Waals surface area (Å²) in [6, 6.07) is 7.34. The first-order valence-corrected chi connectivity index (χ1v) is 6.90. The fourth-order valence-electron chi connectivity index (χ4n) is 1.83. The van der Waals surface area contributed by atoms with Gasteiger partial charge < -0.3 is 0 Å². The molecule has 5 heteroatoms. The van der Waals surface area contributed by atoms with Crippen LogP contribution in [0.4, 0.5) is 0 Å². The zero-order valence-corrected chi connectivity index (χ0v) is 12.5. The van der Waals surface area contributed by atoms with Crippen molar-refractivity contribution in [1.82, 2.24) is 9.78 Å². The molecule has 0 spiro atoms. The van der Waals surface area contributed by atoms with Crippen molar-refractivity contribution in [3.05, 3.63) is 44.6 Å². The van der Waals surface area contributed by atoms with E-state index in [4.69, 9.17) is 35.4 Å². The second-order valence-electron chi connectivity index (χ2n) is 4.65. The van der Waals surface area contributed by atoms with Crippen LogP contribution < -0.4 is 0 Å². The van der Waals surface area contributed by atoms with Crippen LogP contribution in [0.3, 0.4) is 0 Å². The predicted molar refractivity (Wildman–Crippen MR) is 79.5 cm³/mol. The van der Waals surface area contributed by atoms with E-state index in [2.05, 4.69) is 18.9 Å². The SMILES string of the molecule is CC(C)Cc1cc(=S)n(-c2ccc(Cl)cc2Cl)[nH]1. The molecular weight excluding hydrogens is 287 g/mol. The van der Waals surface area contributed by atoms with Gasteiger partial charge in [-0.1, -0.05) is 49.3 Å². The fourth-order valence-corrected chi connectivity index (χ4v) is 2.61. The Balaban J connectivity index is 2.44. The summed E-state index contributed by atoms with van der Waals surface area (Å²) in [5.41, 5.74) is 1.93. The van der Waals surface area contributed by atoms with Crippen molar-refractivity contribution in [2.45, 2.75) is 20.3 Å². The van der Waals surface area contributed by atoms with Crippen molar-refractivity contribution < 1.29 is 0 Å². The molecule has 0 unspecified atom stereocenters. The highest BCUT2D eigenvalue weighted by molar-refractivity contribution is 7.71. The first-order valence-electron chi connectivity index (χ1n) is 5.73. The van der Waals surface area contributed by atoms with Crippen molar-refractivity contribution in [1.29, 1.82) is 0 Å². The molecule has 0 saturated heterocycles. The van der Waals surface area contributed by atoms with Gasteiger partial charge in [0.25, 0.3) is 0 Å². The lowest BCUT2D eigenvalue weighted by Crippen LogP contribution is -2.00. The van der Waals surface area contributed by atoms with Gasteiger partial charge in [0.15, 0.2) is 0 Å². The Kier molecular flexibility index (Phi) is 4.15. The normalized spacial score (nSPS) is 11.2. The van der Waals surface area contributed by atoms with Gasteiger partial charge >= 0.3 is 0 Å². The maximum Gasteiger partial charge on any atom is 0.128 e. The van der Waals surface area contributed by atoms with Crippen molar-refractivity contribution in [3.8, 4) is 5.69 Å². The average molecular weight is 301 g/mol. The summed E-state index contributed by atoms with van der Waals surface area (Å²) in [7, 11) is 0. The highest BCUT2D eigenvalue weighted by Gasteiger charge is 2.08. The van der Waals surface area contributed by atoms with Gasteiger partial charge in [-0.2, -0.15) is 0 Å². The average Bonchev–Trinajstić information content (AvgIpc) is 2.58. The van der Waals surface area contributed by atoms with Crippen LogP contribution in [0.15, 0.2) is 24.3 Å². The molecule has 0 radical (unpaired) electrons. The molecule has 2 nitrogen and oxygen atoms in total. The third kappa shape index (κ3) is 2.97. The van der Waals surface area contributed by atoms with Crippen molar-refractivity contribution >= 4 is 35.4 Å². The lowest BCUT2D eigenvalue weighted by molar-refractivity contribution is 0.628. The van der Waals surface area contributed by atoms with Crippen LogP contribution >= 0.6 is 35.4 Å². The number of nitrogens with one attached hydrogen (secondary N) is 1. The molecule has 0 aliphatic rings. The maximum atomic E-state index is 6.18. The maximum absolute atomic E-state index is 6.18. The smallest absolute Gasteiger partial charge is 0.128 e. The number of aromatic nitrogens is 2. The van der Waals surface area contributed by atoms with Gasteiger partial charge in [-0.3, -0.25) is 5.10 Å². The van der Waals surface area contributed by atoms with E-state index in [0.717, 1.165) is 22.4 Å². The molecule has 0 aliphatic carbocycles. The minimum atomic E-state index is 0.576. The summed E-state index contributed by atoms with van der Waals surface area (Å²) in [5.74, 6) is 0.576. The minimum Gasteiger partial charge on any atom is -0.297 e. The lowest BCUT2D eigenvalue weighted by atomic mass is 10.1. The molecule has 2 aromatic rings. The van der Waals surface area contributed by atoms with Gasteiger partial charge in [0.05, 0.1) is 10.7 Å². The first kappa shape index (κ1) is 13.7. The molecule has 1 N–H and O–H groups in total. The van der Waals surface area contributed by atoms with Crippen molar-refractivity contribution in [3.63, 3.8) is 0 Å². The summed E-state index contributed by atoms with van der Waals surface area (Å²) in [6.07, 6.45) is 0.960. The largest absolute Gasteiger partial charge is 0.297 e. The quantitative estimate of drug-likeness (QED) is 0.788. The summed E-state index contributed by atoms with van der Waals surface area (Å²) >= 11 is 17.4. The number of aromatic amines is 1. The molecule has 0 amide bonds. The fraction of sp³-hybridized carbons (Fsp3) is 0.308. The van der Waals surface area contributed by atoms with Crippen LogP contribution in [0.1, 0.15) is 19.5 Å². The van der Waals surface area contributed by atoms with Crippen molar-refractivity contribution in [2.24, 2.45) is 5.92 Å². The Labute approximate surface area is 122 Å². The second-order valence-corrected chi connectivity index (χ2v) is 5.91. The van der Waals surface area contributed by atoms with Crippen LogP contribution in [0.5, 0.6) is 0 Å². The highest BCUT2D eigenvalue weighted by atomic mass is 35.5. The van der Waals surface area contributed by atoms with E-state index in [1.54, 1.807) is 12.1 Å². The van der Waals surface area contributed by atoms with E-state index in [0.29, 0.717) is 16.0 Å². The van der Waals surface area contributed by atoms with Gasteiger partial charge in [-0.15, -0.1) is 0 Å². The number of hydrogen-bond donors (Lipinski definition) is 1. The minimum absolute atomic E-state index is 0.576. The van der Waals surface area contributed by atoms with Crippen LogP contribution in [0.25, 0.3) is 5.69 Å². The Hall–Kier alpha value is -0.770. The summed E-state index contributed by atoms with van der Waals surface area (Å²) in [6.45, 7) is 4.34. The molecule has 1 aromatic heterocycles. The molecule has 18 heavy (non-hydrogen) atoms. The monoisotopic (exact) mass is 300 g/mol. The van der Waals surface area contributed by atoms with E-state index in [9.17, 15) is 0 Å². The van der Waals surface area contributed by atoms with Crippen LogP contribution in [-0.2, 0) is 6.42 Å². The van der Waals surface area contributed by atoms with Gasteiger partial charge in [0.2, 0.25) is 0 Å². The molecule has 0 saturated carbocycles. The van der Waals surface area contributed by atoms with Crippen molar-refractivity contribution in [2.75, 3.05) is 0 Å². The zero-order chi connectivity index (χ0) is 13.3. The number of rotatable bonds is 3. The molecule has 1 heterocycles. The van der Waals surface area contributed by atoms with Crippen LogP contribution in [0, 0.1) is 10.6 Å². The molecular formula is C13H14Cl2N2S. The number of halogens is 2. The van der Waals surface area contributed by atoms with Gasteiger partial charge in [0, 0.05) is 10.7 Å². The predicted octanol–water partition coefficient (Wildman–Crippen LogP) is 5.04. The van der Waals surface area contributed by atoms with E-state index in [1.807, 2.05) is 16.8 Å². The zero-order valence-electron chi connectivity index (χ0n) is 10.2. The second kappa shape index (κ2) is 5.47. The van der Waals surface area contributed by atoms with E-state index in [1.165, 1.54) is 0 Å². The number of benzene rings is 1. The Morgan fingerprint density at radius 2 is 2.00 bits per heavy atom. The molecule has 0 aliphatic heterocycles.